The molecule has 7 nitrogen and oxygen atoms in total. The van der Waals surface area contributed by atoms with Crippen molar-refractivity contribution < 1.29 is 37.3 Å². The third-order valence-electron chi connectivity index (χ3n) is 3.90. The Balaban J connectivity index is 1.67. The molecule has 2 amide bonds. The van der Waals surface area contributed by atoms with Gasteiger partial charge >= 0.3 is 6.18 Å². The summed E-state index contributed by atoms with van der Waals surface area (Å²) in [5.41, 5.74) is -0.889. The average Bonchev–Trinajstić information content (AvgIpc) is 3.13. The number of rotatable bonds is 5. The van der Waals surface area contributed by atoms with Crippen molar-refractivity contribution in [2.45, 2.75) is 12.2 Å². The van der Waals surface area contributed by atoms with Crippen LogP contribution in [0.2, 0.25) is 0 Å². The van der Waals surface area contributed by atoms with Crippen LogP contribution in [0.3, 0.4) is 0 Å². The summed E-state index contributed by atoms with van der Waals surface area (Å²) < 4.78 is 48.6. The molecule has 3 N–H and O–H groups in total. The van der Waals surface area contributed by atoms with Crippen LogP contribution in [-0.2, 0) is 11.0 Å². The van der Waals surface area contributed by atoms with Gasteiger partial charge < -0.3 is 25.2 Å². The lowest BCUT2D eigenvalue weighted by atomic mass is 10.1. The van der Waals surface area contributed by atoms with Crippen molar-refractivity contribution >= 4 is 17.5 Å². The van der Waals surface area contributed by atoms with Crippen molar-refractivity contribution in [3.63, 3.8) is 0 Å². The molecule has 0 unspecified atom stereocenters. The minimum absolute atomic E-state index is 0.0269. The summed E-state index contributed by atoms with van der Waals surface area (Å²) in [4.78, 5) is 24.6. The summed E-state index contributed by atoms with van der Waals surface area (Å²) >= 11 is 0. The van der Waals surface area contributed by atoms with Gasteiger partial charge in [0.15, 0.2) is 11.5 Å². The Kier molecular flexibility index (Phi) is 5.41. The number of hydrogen-bond acceptors (Lipinski definition) is 5. The second-order valence-corrected chi connectivity index (χ2v) is 5.84. The number of aliphatic hydroxyl groups excluding tert-OH is 1. The van der Waals surface area contributed by atoms with Gasteiger partial charge in [0.25, 0.3) is 5.91 Å². The number of hydrogen-bond donors (Lipinski definition) is 3. The predicted octanol–water partition coefficient (Wildman–Crippen LogP) is 2.16. The van der Waals surface area contributed by atoms with E-state index in [9.17, 15) is 27.9 Å². The van der Waals surface area contributed by atoms with Crippen molar-refractivity contribution in [2.24, 2.45) is 0 Å². The fourth-order valence-corrected chi connectivity index (χ4v) is 2.48. The number of aliphatic hydroxyl groups is 1. The van der Waals surface area contributed by atoms with E-state index in [4.69, 9.17) is 9.47 Å². The highest BCUT2D eigenvalue weighted by atomic mass is 19.4. The van der Waals surface area contributed by atoms with Crippen LogP contribution in [0, 0.1) is 0 Å². The largest absolute Gasteiger partial charge is 0.454 e. The van der Waals surface area contributed by atoms with Crippen molar-refractivity contribution in [3.05, 3.63) is 53.6 Å². The van der Waals surface area contributed by atoms with E-state index in [1.165, 1.54) is 24.3 Å². The number of halogens is 3. The topological polar surface area (TPSA) is 96.9 Å². The molecule has 10 heteroatoms. The fourth-order valence-electron chi connectivity index (χ4n) is 2.48. The van der Waals surface area contributed by atoms with Crippen LogP contribution >= 0.6 is 0 Å². The SMILES string of the molecule is O=C(N[C@@H](CO)C(=O)Nc1cccc(C(F)(F)F)c1)c1ccc2c(c1)OCO2. The summed E-state index contributed by atoms with van der Waals surface area (Å²) in [7, 11) is 0. The molecule has 148 valence electrons. The van der Waals surface area contributed by atoms with Crippen LogP contribution in [-0.4, -0.2) is 36.4 Å². The lowest BCUT2D eigenvalue weighted by molar-refractivity contribution is -0.137. The highest BCUT2D eigenvalue weighted by Crippen LogP contribution is 2.32. The van der Waals surface area contributed by atoms with Crippen molar-refractivity contribution in [1.82, 2.24) is 5.32 Å². The van der Waals surface area contributed by atoms with Gasteiger partial charge in [-0.2, -0.15) is 13.2 Å². The van der Waals surface area contributed by atoms with Gasteiger partial charge in [-0.15, -0.1) is 0 Å². The lowest BCUT2D eigenvalue weighted by Crippen LogP contribution is -2.46. The zero-order valence-corrected chi connectivity index (χ0v) is 14.2. The van der Waals surface area contributed by atoms with Crippen molar-refractivity contribution in [1.29, 1.82) is 0 Å². The molecule has 2 aromatic rings. The molecule has 0 fully saturated rings. The van der Waals surface area contributed by atoms with Gasteiger partial charge in [0.05, 0.1) is 12.2 Å². The summed E-state index contributed by atoms with van der Waals surface area (Å²) in [5.74, 6) is -0.702. The molecule has 1 heterocycles. The normalized spacial score (nSPS) is 13.7. The van der Waals surface area contributed by atoms with E-state index in [2.05, 4.69) is 10.6 Å². The molecule has 1 aliphatic heterocycles. The summed E-state index contributed by atoms with van der Waals surface area (Å²) in [5, 5.41) is 14.0. The summed E-state index contributed by atoms with van der Waals surface area (Å²) in [6.07, 6.45) is -4.56. The van der Waals surface area contributed by atoms with Crippen LogP contribution in [0.1, 0.15) is 15.9 Å². The molecule has 1 aliphatic rings. The average molecular weight is 396 g/mol. The first-order chi connectivity index (χ1) is 13.3. The number of fused-ring (bicyclic) bond motifs is 1. The molecule has 2 aromatic carbocycles. The van der Waals surface area contributed by atoms with Crippen LogP contribution < -0.4 is 20.1 Å². The van der Waals surface area contributed by atoms with Crippen LogP contribution in [0.5, 0.6) is 11.5 Å². The standard InChI is InChI=1S/C18H15F3N2O5/c19-18(20,21)11-2-1-3-12(7-11)22-17(26)13(8-24)23-16(25)10-4-5-14-15(6-10)28-9-27-14/h1-7,13,24H,8-9H2,(H,22,26)(H,23,25)/t13-/m0/s1. The quantitative estimate of drug-likeness (QED) is 0.720. The first kappa shape index (κ1) is 19.5. The Morgan fingerprint density at radius 3 is 2.57 bits per heavy atom. The summed E-state index contributed by atoms with van der Waals surface area (Å²) in [6.45, 7) is -0.722. The van der Waals surface area contributed by atoms with Gasteiger partial charge in [-0.1, -0.05) is 6.07 Å². The predicted molar refractivity (Wildman–Crippen MR) is 91.0 cm³/mol. The fraction of sp³-hybridized carbons (Fsp3) is 0.222. The lowest BCUT2D eigenvalue weighted by Gasteiger charge is -2.17. The number of carbonyl (C=O) groups is 2. The molecule has 0 saturated carbocycles. The smallest absolute Gasteiger partial charge is 0.416 e. The summed E-state index contributed by atoms with van der Waals surface area (Å²) in [6, 6.07) is 7.03. The maximum absolute atomic E-state index is 12.8. The number of carbonyl (C=O) groups excluding carboxylic acids is 2. The highest BCUT2D eigenvalue weighted by molar-refractivity contribution is 6.01. The number of ether oxygens (including phenoxy) is 2. The molecule has 0 spiro atoms. The molecule has 0 saturated heterocycles. The third-order valence-corrected chi connectivity index (χ3v) is 3.90. The Morgan fingerprint density at radius 2 is 1.86 bits per heavy atom. The Labute approximate surface area is 157 Å². The zero-order valence-electron chi connectivity index (χ0n) is 14.2. The molecule has 0 aromatic heterocycles. The van der Waals surface area contributed by atoms with Gasteiger partial charge in [-0.3, -0.25) is 9.59 Å². The molecular weight excluding hydrogens is 381 g/mol. The van der Waals surface area contributed by atoms with E-state index < -0.39 is 36.2 Å². The van der Waals surface area contributed by atoms with E-state index in [0.717, 1.165) is 18.2 Å². The molecular formula is C18H15F3N2O5. The van der Waals surface area contributed by atoms with E-state index in [-0.39, 0.29) is 18.0 Å². The highest BCUT2D eigenvalue weighted by Gasteiger charge is 2.31. The van der Waals surface area contributed by atoms with Gasteiger partial charge in [0, 0.05) is 11.3 Å². The first-order valence-corrected chi connectivity index (χ1v) is 8.07. The molecule has 28 heavy (non-hydrogen) atoms. The van der Waals surface area contributed by atoms with E-state index in [1.54, 1.807) is 0 Å². The van der Waals surface area contributed by atoms with Crippen LogP contribution in [0.15, 0.2) is 42.5 Å². The van der Waals surface area contributed by atoms with Gasteiger partial charge in [-0.25, -0.2) is 0 Å². The number of alkyl halides is 3. The van der Waals surface area contributed by atoms with Gasteiger partial charge in [0.1, 0.15) is 6.04 Å². The Bertz CT molecular complexity index is 901. The van der Waals surface area contributed by atoms with E-state index in [0.29, 0.717) is 11.5 Å². The minimum Gasteiger partial charge on any atom is -0.454 e. The zero-order chi connectivity index (χ0) is 20.3. The van der Waals surface area contributed by atoms with Crippen LogP contribution in [0.4, 0.5) is 18.9 Å². The molecule has 0 radical (unpaired) electrons. The van der Waals surface area contributed by atoms with Crippen LogP contribution in [0.25, 0.3) is 0 Å². The molecule has 1 atom stereocenters. The number of benzene rings is 2. The maximum atomic E-state index is 12.8. The van der Waals surface area contributed by atoms with Gasteiger partial charge in [-0.05, 0) is 36.4 Å². The van der Waals surface area contributed by atoms with Crippen molar-refractivity contribution in [3.8, 4) is 11.5 Å². The maximum Gasteiger partial charge on any atom is 0.416 e. The molecule has 0 bridgehead atoms. The second kappa shape index (κ2) is 7.77. The number of anilines is 1. The van der Waals surface area contributed by atoms with Gasteiger partial charge in [0.2, 0.25) is 12.7 Å². The monoisotopic (exact) mass is 396 g/mol. The third kappa shape index (κ3) is 4.34. The number of nitrogens with one attached hydrogen (secondary N) is 2. The number of amides is 2. The molecule has 0 aliphatic carbocycles. The van der Waals surface area contributed by atoms with Crippen molar-refractivity contribution in [2.75, 3.05) is 18.7 Å². The minimum atomic E-state index is -4.56. The van der Waals surface area contributed by atoms with E-state index >= 15 is 0 Å². The Morgan fingerprint density at radius 1 is 1.11 bits per heavy atom. The second-order valence-electron chi connectivity index (χ2n) is 5.84. The van der Waals surface area contributed by atoms with E-state index in [1.807, 2.05) is 0 Å². The Hall–Kier alpha value is -3.27. The molecule has 3 rings (SSSR count). The first-order valence-electron chi connectivity index (χ1n) is 8.07.